The zero-order chi connectivity index (χ0) is 28.0. The molecule has 0 bridgehead atoms. The van der Waals surface area contributed by atoms with Crippen molar-refractivity contribution in [1.29, 1.82) is 0 Å². The molecule has 200 valence electrons. The van der Waals surface area contributed by atoms with Gasteiger partial charge < -0.3 is 10.6 Å². The summed E-state index contributed by atoms with van der Waals surface area (Å²) in [6.45, 7) is 6.48. The maximum Gasteiger partial charge on any atom is 0.324 e. The molecule has 1 aliphatic heterocycles. The first-order valence-electron chi connectivity index (χ1n) is 12.8. The number of carbonyl (C=O) groups is 2. The molecule has 0 saturated heterocycles. The molecule has 0 atom stereocenters. The zero-order valence-electron chi connectivity index (χ0n) is 22.1. The van der Waals surface area contributed by atoms with Crippen LogP contribution in [0.5, 0.6) is 0 Å². The highest BCUT2D eigenvalue weighted by atomic mass is 19.1. The van der Waals surface area contributed by atoms with Crippen LogP contribution in [0, 0.1) is 5.82 Å². The van der Waals surface area contributed by atoms with Gasteiger partial charge in [-0.25, -0.2) is 23.8 Å². The highest BCUT2D eigenvalue weighted by Crippen LogP contribution is 2.32. The zero-order valence-corrected chi connectivity index (χ0v) is 22.1. The van der Waals surface area contributed by atoms with Gasteiger partial charge >= 0.3 is 6.03 Å². The van der Waals surface area contributed by atoms with Crippen molar-refractivity contribution in [2.75, 3.05) is 10.6 Å². The van der Waals surface area contributed by atoms with Crippen molar-refractivity contribution < 1.29 is 14.0 Å². The van der Waals surface area contributed by atoms with E-state index in [4.69, 9.17) is 5.10 Å². The van der Waals surface area contributed by atoms with Gasteiger partial charge in [0.15, 0.2) is 0 Å². The number of hydrogen-bond donors (Lipinski definition) is 3. The lowest BCUT2D eigenvalue weighted by Gasteiger charge is -2.14. The quantitative estimate of drug-likeness (QED) is 0.269. The standard InChI is InChI=1S/C30H26FN7O2/c1-30(2,3)26-13-27(38(37-26)19-8-10-24-18(11-19)14-32-16-34-24)36-29(40)35-25-9-7-17(12-23(25)31)20-5-4-6-21-22(20)15-33-28(21)39/h4-14,16H,15H2,1-3H3,(H,33,39)(H2,35,36,40). The van der Waals surface area contributed by atoms with Crippen LogP contribution in [0.1, 0.15) is 42.4 Å². The van der Waals surface area contributed by atoms with Crippen molar-refractivity contribution >= 4 is 34.3 Å². The number of hydrogen-bond acceptors (Lipinski definition) is 5. The average molecular weight is 536 g/mol. The van der Waals surface area contributed by atoms with Crippen LogP contribution in [0.2, 0.25) is 0 Å². The number of anilines is 2. The monoisotopic (exact) mass is 535 g/mol. The number of amides is 3. The van der Waals surface area contributed by atoms with Crippen molar-refractivity contribution in [3.63, 3.8) is 0 Å². The Balaban J connectivity index is 1.27. The molecule has 0 radical (unpaired) electrons. The third-order valence-corrected chi connectivity index (χ3v) is 6.83. The van der Waals surface area contributed by atoms with Crippen LogP contribution < -0.4 is 16.0 Å². The van der Waals surface area contributed by atoms with Crippen molar-refractivity contribution in [3.8, 4) is 16.8 Å². The molecule has 3 amide bonds. The van der Waals surface area contributed by atoms with Gasteiger partial charge in [-0.1, -0.05) is 39.0 Å². The molecule has 0 saturated carbocycles. The number of benzene rings is 3. The van der Waals surface area contributed by atoms with Crippen LogP contribution in [0.4, 0.5) is 20.7 Å². The SMILES string of the molecule is CC(C)(C)c1cc(NC(=O)Nc2ccc(-c3cccc4c3CNC4=O)cc2F)n(-c2ccc3ncncc3c2)n1. The Hall–Kier alpha value is -5.12. The van der Waals surface area contributed by atoms with E-state index in [2.05, 4.69) is 25.9 Å². The second-order valence-electron chi connectivity index (χ2n) is 10.6. The molecular weight excluding hydrogens is 509 g/mol. The van der Waals surface area contributed by atoms with Crippen molar-refractivity contribution in [3.05, 3.63) is 95.8 Å². The van der Waals surface area contributed by atoms with E-state index >= 15 is 4.39 Å². The van der Waals surface area contributed by atoms with E-state index < -0.39 is 11.8 Å². The number of nitrogens with zero attached hydrogens (tertiary/aromatic N) is 4. The largest absolute Gasteiger partial charge is 0.348 e. The molecule has 40 heavy (non-hydrogen) atoms. The van der Waals surface area contributed by atoms with E-state index in [0.717, 1.165) is 27.7 Å². The molecule has 1 aliphatic rings. The number of rotatable bonds is 4. The number of nitrogens with one attached hydrogen (secondary N) is 3. The Kier molecular flexibility index (Phi) is 6.02. The number of aromatic nitrogens is 4. The third kappa shape index (κ3) is 4.64. The van der Waals surface area contributed by atoms with Crippen LogP contribution in [0.15, 0.2) is 73.2 Å². The maximum atomic E-state index is 15.2. The average Bonchev–Trinajstić information content (AvgIpc) is 3.53. The summed E-state index contributed by atoms with van der Waals surface area (Å²) in [6, 6.07) is 16.7. The van der Waals surface area contributed by atoms with Crippen molar-refractivity contribution in [2.24, 2.45) is 0 Å². The molecule has 5 aromatic rings. The van der Waals surface area contributed by atoms with Crippen LogP contribution in [-0.4, -0.2) is 31.7 Å². The first-order valence-corrected chi connectivity index (χ1v) is 12.8. The summed E-state index contributed by atoms with van der Waals surface area (Å²) in [4.78, 5) is 33.4. The van der Waals surface area contributed by atoms with Crippen LogP contribution in [0.25, 0.3) is 27.7 Å². The summed E-state index contributed by atoms with van der Waals surface area (Å²) < 4.78 is 16.8. The van der Waals surface area contributed by atoms with Gasteiger partial charge in [-0.2, -0.15) is 5.10 Å². The Morgan fingerprint density at radius 1 is 1.02 bits per heavy atom. The predicted molar refractivity (Wildman–Crippen MR) is 151 cm³/mol. The lowest BCUT2D eigenvalue weighted by Crippen LogP contribution is -2.22. The van der Waals surface area contributed by atoms with Gasteiger partial charge in [0.05, 0.1) is 22.6 Å². The first kappa shape index (κ1) is 25.2. The lowest BCUT2D eigenvalue weighted by molar-refractivity contribution is 0.0965. The third-order valence-electron chi connectivity index (χ3n) is 6.83. The predicted octanol–water partition coefficient (Wildman–Crippen LogP) is 5.81. The van der Waals surface area contributed by atoms with E-state index in [1.165, 1.54) is 18.5 Å². The fourth-order valence-electron chi connectivity index (χ4n) is 4.72. The van der Waals surface area contributed by atoms with Crippen molar-refractivity contribution in [2.45, 2.75) is 32.7 Å². The molecule has 3 N–H and O–H groups in total. The number of carbonyl (C=O) groups excluding carboxylic acids is 2. The minimum absolute atomic E-state index is 0.0213. The number of fused-ring (bicyclic) bond motifs is 2. The van der Waals surface area contributed by atoms with E-state index in [9.17, 15) is 9.59 Å². The van der Waals surface area contributed by atoms with Crippen molar-refractivity contribution in [1.82, 2.24) is 25.1 Å². The minimum Gasteiger partial charge on any atom is -0.348 e. The lowest BCUT2D eigenvalue weighted by atomic mass is 9.92. The number of urea groups is 1. The second kappa shape index (κ2) is 9.57. The van der Waals surface area contributed by atoms with E-state index in [1.807, 2.05) is 45.0 Å². The summed E-state index contributed by atoms with van der Waals surface area (Å²) in [6.07, 6.45) is 3.20. The first-order chi connectivity index (χ1) is 19.2. The summed E-state index contributed by atoms with van der Waals surface area (Å²) in [7, 11) is 0. The van der Waals surface area contributed by atoms with E-state index in [1.54, 1.807) is 35.1 Å². The van der Waals surface area contributed by atoms with E-state index in [0.29, 0.717) is 29.2 Å². The highest BCUT2D eigenvalue weighted by Gasteiger charge is 2.24. The van der Waals surface area contributed by atoms with Crippen LogP contribution in [0.3, 0.4) is 0 Å². The second-order valence-corrected chi connectivity index (χ2v) is 10.6. The van der Waals surface area contributed by atoms with Crippen LogP contribution >= 0.6 is 0 Å². The fourth-order valence-corrected chi connectivity index (χ4v) is 4.72. The Labute approximate surface area is 229 Å². The van der Waals surface area contributed by atoms with Gasteiger partial charge in [-0.05, 0) is 53.1 Å². The highest BCUT2D eigenvalue weighted by molar-refractivity contribution is 6.01. The van der Waals surface area contributed by atoms with Gasteiger partial charge in [0.1, 0.15) is 18.0 Å². The number of halogens is 1. The molecular formula is C30H26FN7O2. The summed E-state index contributed by atoms with van der Waals surface area (Å²) >= 11 is 0. The maximum absolute atomic E-state index is 15.2. The van der Waals surface area contributed by atoms with Gasteiger partial charge in [-0.15, -0.1) is 0 Å². The van der Waals surface area contributed by atoms with Gasteiger partial charge in [0, 0.05) is 35.2 Å². The normalized spacial score (nSPS) is 12.8. The molecule has 6 rings (SSSR count). The Morgan fingerprint density at radius 2 is 1.85 bits per heavy atom. The molecule has 0 spiro atoms. The molecule has 10 heteroatoms. The molecule has 3 heterocycles. The summed E-state index contributed by atoms with van der Waals surface area (Å²) in [5, 5.41) is 13.8. The molecule has 3 aromatic carbocycles. The molecule has 0 aliphatic carbocycles. The summed E-state index contributed by atoms with van der Waals surface area (Å²) in [5.74, 6) is -0.313. The smallest absolute Gasteiger partial charge is 0.324 e. The van der Waals surface area contributed by atoms with Gasteiger partial charge in [0.2, 0.25) is 0 Å². The summed E-state index contributed by atoms with van der Waals surface area (Å²) in [5.41, 5.74) is 4.81. The van der Waals surface area contributed by atoms with E-state index in [-0.39, 0.29) is 17.0 Å². The molecule has 0 fully saturated rings. The minimum atomic E-state index is -0.618. The molecule has 0 unspecified atom stereocenters. The van der Waals surface area contributed by atoms with Crippen LogP contribution in [-0.2, 0) is 12.0 Å². The molecule has 2 aromatic heterocycles. The molecule has 9 nitrogen and oxygen atoms in total. The Bertz CT molecular complexity index is 1810. The topological polar surface area (TPSA) is 114 Å². The fraction of sp³-hybridized carbons (Fsp3) is 0.167. The van der Waals surface area contributed by atoms with Gasteiger partial charge in [-0.3, -0.25) is 10.1 Å². The Morgan fingerprint density at radius 3 is 2.65 bits per heavy atom. The van der Waals surface area contributed by atoms with Gasteiger partial charge in [0.25, 0.3) is 5.91 Å².